The third kappa shape index (κ3) is 2.73. The van der Waals surface area contributed by atoms with Crippen molar-refractivity contribution in [3.8, 4) is 0 Å². The molecule has 3 rings (SSSR count). The molecular weight excluding hydrogens is 256 g/mol. The van der Waals surface area contributed by atoms with Gasteiger partial charge in [0.1, 0.15) is 11.6 Å². The maximum Gasteiger partial charge on any atom is 0.130 e. The van der Waals surface area contributed by atoms with Crippen LogP contribution in [0.4, 0.5) is 8.78 Å². The van der Waals surface area contributed by atoms with E-state index in [9.17, 15) is 8.78 Å². The van der Waals surface area contributed by atoms with E-state index in [0.29, 0.717) is 17.5 Å². The van der Waals surface area contributed by atoms with Gasteiger partial charge in [0.25, 0.3) is 0 Å². The van der Waals surface area contributed by atoms with Gasteiger partial charge in [-0.1, -0.05) is 36.4 Å². The molecule has 0 spiro atoms. The van der Waals surface area contributed by atoms with E-state index in [2.05, 4.69) is 17.4 Å². The van der Waals surface area contributed by atoms with Crippen molar-refractivity contribution in [2.24, 2.45) is 0 Å². The molecular formula is C17H17F2N. The fourth-order valence-corrected chi connectivity index (χ4v) is 2.71. The molecule has 1 N–H and O–H groups in total. The first kappa shape index (κ1) is 13.3. The van der Waals surface area contributed by atoms with Crippen molar-refractivity contribution in [2.75, 3.05) is 0 Å². The van der Waals surface area contributed by atoms with Crippen LogP contribution in [-0.4, -0.2) is 6.04 Å². The van der Waals surface area contributed by atoms with Crippen LogP contribution in [0.15, 0.2) is 48.5 Å². The first-order valence-electron chi connectivity index (χ1n) is 6.91. The van der Waals surface area contributed by atoms with Crippen molar-refractivity contribution in [3.63, 3.8) is 0 Å². The predicted molar refractivity (Wildman–Crippen MR) is 75.5 cm³/mol. The second kappa shape index (κ2) is 5.33. The smallest absolute Gasteiger partial charge is 0.130 e. The fraction of sp³-hybridized carbons (Fsp3) is 0.294. The van der Waals surface area contributed by atoms with Gasteiger partial charge in [0.05, 0.1) is 0 Å². The van der Waals surface area contributed by atoms with Gasteiger partial charge < -0.3 is 5.32 Å². The van der Waals surface area contributed by atoms with Crippen molar-refractivity contribution in [1.82, 2.24) is 5.32 Å². The van der Waals surface area contributed by atoms with Gasteiger partial charge in [-0.3, -0.25) is 0 Å². The number of benzene rings is 2. The highest BCUT2D eigenvalue weighted by atomic mass is 19.1. The van der Waals surface area contributed by atoms with Crippen molar-refractivity contribution in [1.29, 1.82) is 0 Å². The summed E-state index contributed by atoms with van der Waals surface area (Å²) in [5.74, 6) is -0.517. The van der Waals surface area contributed by atoms with Gasteiger partial charge in [-0.25, -0.2) is 8.78 Å². The number of halogens is 2. The molecule has 20 heavy (non-hydrogen) atoms. The minimum absolute atomic E-state index is 0.116. The quantitative estimate of drug-likeness (QED) is 0.881. The van der Waals surface area contributed by atoms with E-state index in [-0.39, 0.29) is 6.04 Å². The first-order valence-corrected chi connectivity index (χ1v) is 6.91. The molecule has 3 unspecified atom stereocenters. The van der Waals surface area contributed by atoms with Gasteiger partial charge in [0.2, 0.25) is 0 Å². The Morgan fingerprint density at radius 3 is 2.55 bits per heavy atom. The van der Waals surface area contributed by atoms with E-state index in [4.69, 9.17) is 0 Å². The minimum Gasteiger partial charge on any atom is -0.307 e. The van der Waals surface area contributed by atoms with Crippen molar-refractivity contribution in [3.05, 3.63) is 71.3 Å². The second-order valence-electron chi connectivity index (χ2n) is 5.41. The third-order valence-corrected chi connectivity index (χ3v) is 3.91. The monoisotopic (exact) mass is 273 g/mol. The predicted octanol–water partition coefficient (Wildman–Crippen LogP) is 4.17. The molecule has 1 nitrogen and oxygen atoms in total. The van der Waals surface area contributed by atoms with Gasteiger partial charge in [0, 0.05) is 29.6 Å². The van der Waals surface area contributed by atoms with Crippen molar-refractivity contribution >= 4 is 0 Å². The molecule has 1 aliphatic rings. The number of rotatable bonds is 4. The Bertz CT molecular complexity index is 597. The summed E-state index contributed by atoms with van der Waals surface area (Å²) in [6, 6.07) is 14.3. The lowest BCUT2D eigenvalue weighted by molar-refractivity contribution is 0.512. The summed E-state index contributed by atoms with van der Waals surface area (Å²) >= 11 is 0. The van der Waals surface area contributed by atoms with Gasteiger partial charge in [-0.2, -0.15) is 0 Å². The van der Waals surface area contributed by atoms with Crippen LogP contribution in [0.1, 0.15) is 36.4 Å². The standard InChI is InChI=1S/C17H17F2N/c1-11(14-8-7-13(18)9-16(14)19)20-17-10-15(17)12-5-3-2-4-6-12/h2-9,11,15,17,20H,10H2,1H3. The molecule has 104 valence electrons. The molecule has 1 fully saturated rings. The highest BCUT2D eigenvalue weighted by molar-refractivity contribution is 5.29. The van der Waals surface area contributed by atoms with Crippen molar-refractivity contribution < 1.29 is 8.78 Å². The molecule has 1 aliphatic carbocycles. The van der Waals surface area contributed by atoms with E-state index in [1.165, 1.54) is 17.7 Å². The van der Waals surface area contributed by atoms with E-state index in [1.54, 1.807) is 0 Å². The molecule has 2 aromatic carbocycles. The second-order valence-corrected chi connectivity index (χ2v) is 5.41. The Labute approximate surface area is 117 Å². The zero-order valence-electron chi connectivity index (χ0n) is 11.3. The Balaban J connectivity index is 1.65. The van der Waals surface area contributed by atoms with Crippen molar-refractivity contribution in [2.45, 2.75) is 31.3 Å². The summed E-state index contributed by atoms with van der Waals surface area (Å²) in [7, 11) is 0. The van der Waals surface area contributed by atoms with Gasteiger partial charge in [0.15, 0.2) is 0 Å². The molecule has 3 atom stereocenters. The Morgan fingerprint density at radius 1 is 1.10 bits per heavy atom. The Hall–Kier alpha value is -1.74. The Kier molecular flexibility index (Phi) is 3.53. The Morgan fingerprint density at radius 2 is 1.85 bits per heavy atom. The third-order valence-electron chi connectivity index (χ3n) is 3.91. The lowest BCUT2D eigenvalue weighted by Gasteiger charge is -2.15. The molecule has 0 bridgehead atoms. The van der Waals surface area contributed by atoms with E-state index in [1.807, 2.05) is 25.1 Å². The van der Waals surface area contributed by atoms with Crippen LogP contribution >= 0.6 is 0 Å². The van der Waals surface area contributed by atoms with E-state index < -0.39 is 11.6 Å². The number of hydrogen-bond acceptors (Lipinski definition) is 1. The lowest BCUT2D eigenvalue weighted by Crippen LogP contribution is -2.23. The van der Waals surface area contributed by atoms with E-state index in [0.717, 1.165) is 12.5 Å². The molecule has 0 saturated heterocycles. The summed E-state index contributed by atoms with van der Waals surface area (Å²) in [5, 5.41) is 3.42. The van der Waals surface area contributed by atoms with E-state index >= 15 is 0 Å². The summed E-state index contributed by atoms with van der Waals surface area (Å²) in [5.41, 5.74) is 1.84. The van der Waals surface area contributed by atoms with Crippen LogP contribution in [0.25, 0.3) is 0 Å². The lowest BCUT2D eigenvalue weighted by atomic mass is 10.1. The van der Waals surface area contributed by atoms with Crippen LogP contribution in [0.3, 0.4) is 0 Å². The van der Waals surface area contributed by atoms with Crippen LogP contribution in [0, 0.1) is 11.6 Å². The molecule has 0 amide bonds. The van der Waals surface area contributed by atoms with Crippen LogP contribution < -0.4 is 5.32 Å². The zero-order valence-corrected chi connectivity index (χ0v) is 11.3. The molecule has 3 heteroatoms. The highest BCUT2D eigenvalue weighted by Crippen LogP contribution is 2.42. The normalized spacial score (nSPS) is 22.6. The first-order chi connectivity index (χ1) is 9.65. The minimum atomic E-state index is -0.535. The molecule has 2 aromatic rings. The average Bonchev–Trinajstić information content (AvgIpc) is 3.18. The van der Waals surface area contributed by atoms with Gasteiger partial charge in [-0.15, -0.1) is 0 Å². The van der Waals surface area contributed by atoms with Crippen LogP contribution in [0.5, 0.6) is 0 Å². The maximum atomic E-state index is 13.7. The molecule has 1 saturated carbocycles. The van der Waals surface area contributed by atoms with Gasteiger partial charge in [-0.05, 0) is 25.0 Å². The number of hydrogen-bond donors (Lipinski definition) is 1. The summed E-state index contributed by atoms with van der Waals surface area (Å²) in [4.78, 5) is 0. The SMILES string of the molecule is CC(NC1CC1c1ccccc1)c1ccc(F)cc1F. The zero-order chi connectivity index (χ0) is 14.1. The summed E-state index contributed by atoms with van der Waals surface area (Å²) in [6.07, 6.45) is 1.07. The molecule has 0 radical (unpaired) electrons. The fourth-order valence-electron chi connectivity index (χ4n) is 2.71. The summed E-state index contributed by atoms with van der Waals surface area (Å²) < 4.78 is 26.6. The maximum absolute atomic E-state index is 13.7. The van der Waals surface area contributed by atoms with Crippen LogP contribution in [-0.2, 0) is 0 Å². The molecule has 0 aliphatic heterocycles. The molecule has 0 heterocycles. The average molecular weight is 273 g/mol. The summed E-state index contributed by atoms with van der Waals surface area (Å²) in [6.45, 7) is 1.91. The highest BCUT2D eigenvalue weighted by Gasteiger charge is 2.39. The number of nitrogens with one attached hydrogen (secondary N) is 1. The van der Waals surface area contributed by atoms with Gasteiger partial charge >= 0.3 is 0 Å². The van der Waals surface area contributed by atoms with Crippen LogP contribution in [0.2, 0.25) is 0 Å². The largest absolute Gasteiger partial charge is 0.307 e. The topological polar surface area (TPSA) is 12.0 Å². The molecule has 0 aromatic heterocycles.